The van der Waals surface area contributed by atoms with Gasteiger partial charge in [0.25, 0.3) is 11.8 Å². The van der Waals surface area contributed by atoms with Crippen molar-refractivity contribution in [3.63, 3.8) is 0 Å². The van der Waals surface area contributed by atoms with Gasteiger partial charge in [-0.3, -0.25) is 19.2 Å². The first-order valence-electron chi connectivity index (χ1n) is 47.8. The van der Waals surface area contributed by atoms with Gasteiger partial charge in [-0.2, -0.15) is 49.6 Å². The number of carbonyl (C=O) groups excluding carboxylic acids is 6. The van der Waals surface area contributed by atoms with Gasteiger partial charge in [-0.25, -0.2) is 14.4 Å². The van der Waals surface area contributed by atoms with E-state index in [0.29, 0.717) is 110 Å². The number of aldehydes is 1. The van der Waals surface area contributed by atoms with Crippen LogP contribution in [0.25, 0.3) is 45.1 Å². The molecule has 10 fully saturated rings. The summed E-state index contributed by atoms with van der Waals surface area (Å²) in [5.74, 6) is 0.748. The van der Waals surface area contributed by atoms with E-state index in [1.54, 1.807) is 26.8 Å². The van der Waals surface area contributed by atoms with Crippen LogP contribution in [0.3, 0.4) is 0 Å². The number of aromatic carboxylic acids is 1. The maximum absolute atomic E-state index is 12.7. The third-order valence-corrected chi connectivity index (χ3v) is 27.5. The third-order valence-electron chi connectivity index (χ3n) is 27.5. The molecule has 24 rings (SSSR count). The molecule has 0 unspecified atom stereocenters. The Hall–Kier alpha value is -12.8. The van der Waals surface area contributed by atoms with E-state index in [4.69, 9.17) is 32.9 Å². The van der Waals surface area contributed by atoms with Crippen LogP contribution in [-0.4, -0.2) is 217 Å². The molecule has 12 aromatic rings. The third kappa shape index (κ3) is 26.1. The van der Waals surface area contributed by atoms with E-state index >= 15 is 0 Å². The van der Waals surface area contributed by atoms with Crippen molar-refractivity contribution in [2.45, 2.75) is 140 Å². The molecule has 0 bridgehead atoms. The summed E-state index contributed by atoms with van der Waals surface area (Å²) in [4.78, 5) is 86.0. The summed E-state index contributed by atoms with van der Waals surface area (Å²) < 4.78 is 57.4. The van der Waals surface area contributed by atoms with Crippen LogP contribution in [0.15, 0.2) is 317 Å². The zero-order chi connectivity index (χ0) is 100. The maximum Gasteiger partial charge on any atom is 2.00 e. The monoisotopic (exact) mass is 2030 g/mol. The number of hydrogen-bond donors (Lipinski definition) is 6. The van der Waals surface area contributed by atoms with Crippen molar-refractivity contribution in [2.24, 2.45) is 32.5 Å². The van der Waals surface area contributed by atoms with E-state index in [1.807, 2.05) is 265 Å². The van der Waals surface area contributed by atoms with Crippen molar-refractivity contribution in [1.82, 2.24) is 45.7 Å². The molecule has 0 atom stereocenters. The SMILES string of the molecule is C1=C(c2ccccc2)CC12CNC2.CC(C)(C)OC(=O)N1CC2(C1)CC(O)(c1ccccc1)C2.CC(C)(C)OC(=O)N1CC2(CC(=O)C2)C1.O=C(O)c1cc(-c2ccccc2)on1.O=C(c1cc(-c2ccccc2)on1)N1CC2(C1)CC(O)(c1ccccc1)C2.O=C(c1cc(-c2ccccc2)on1)N1CC2(C=C(c3ccccc3)C2)C1.O=CC(F)(F)F.OC1(c2ccccc2)CC2(CNC2)C1.[Br-].[Mg+2].[c-]1ccccc1. The van der Waals surface area contributed by atoms with Gasteiger partial charge in [0.15, 0.2) is 34.4 Å². The van der Waals surface area contributed by atoms with Crippen LogP contribution in [0.5, 0.6) is 0 Å². The number of benzene rings is 9. The number of aliphatic hydroxyl groups is 3. The topological polar surface area (TPSA) is 334 Å². The van der Waals surface area contributed by atoms with Crippen LogP contribution in [0.4, 0.5) is 22.8 Å². The second-order valence-electron chi connectivity index (χ2n) is 41.9. The van der Waals surface area contributed by atoms with Gasteiger partial charge in [-0.15, -0.1) is 0 Å². The number of rotatable bonds is 11. The van der Waals surface area contributed by atoms with Crippen LogP contribution in [0.1, 0.15) is 165 Å². The van der Waals surface area contributed by atoms with Gasteiger partial charge in [-0.1, -0.05) is 270 Å². The number of Topliss-reactive ketones (excluding diaryl/α,β-unsaturated/α-hetero) is 1. The molecule has 4 amide bonds. The van der Waals surface area contributed by atoms with Crippen molar-refractivity contribution in [2.75, 3.05) is 78.5 Å². The fraction of sp³-hybridized carbons (Fsp3) is 0.351. The van der Waals surface area contributed by atoms with Gasteiger partial charge in [0, 0.05) is 159 Å². The number of hydrogen-bond acceptors (Lipinski definition) is 20. The molecule has 9 heterocycles. The molecule has 30 heteroatoms. The predicted octanol–water partition coefficient (Wildman–Crippen LogP) is 16.4. The number of aromatic nitrogens is 3. The van der Waals surface area contributed by atoms with Crippen LogP contribution < -0.4 is 27.6 Å². The van der Waals surface area contributed by atoms with E-state index in [2.05, 4.69) is 98.9 Å². The van der Waals surface area contributed by atoms with E-state index < -0.39 is 46.4 Å². The van der Waals surface area contributed by atoms with E-state index in [0.717, 1.165) is 91.7 Å². The molecule has 12 aliphatic rings. The number of ether oxygens (including phenoxy) is 2. The fourth-order valence-electron chi connectivity index (χ4n) is 20.8. The second-order valence-corrected chi connectivity index (χ2v) is 41.9. The second kappa shape index (κ2) is 44.4. The molecule has 0 radical (unpaired) electrons. The Morgan fingerprint density at radius 1 is 0.389 bits per heavy atom. The summed E-state index contributed by atoms with van der Waals surface area (Å²) in [5, 5.41) is 58.4. The molecule has 746 valence electrons. The number of nitrogens with one attached hydrogen (secondary N) is 2. The molecular weight excluding hydrogens is 1910 g/mol. The smallest absolute Gasteiger partial charge is 1.00 e. The van der Waals surface area contributed by atoms with Gasteiger partial charge in [0.1, 0.15) is 17.0 Å². The number of carboxylic acid groups (broad SMARTS) is 1. The number of nitrogens with zero attached hydrogens (tertiary/aromatic N) is 7. The zero-order valence-corrected chi connectivity index (χ0v) is 84.5. The molecule has 144 heavy (non-hydrogen) atoms. The van der Waals surface area contributed by atoms with Crippen LogP contribution in [0, 0.1) is 38.6 Å². The number of alkyl halides is 3. The summed E-state index contributed by atoms with van der Waals surface area (Å²) >= 11 is 0. The minimum atomic E-state index is -4.64. The average Bonchev–Trinajstić information content (AvgIpc) is 0.816. The molecule has 9 aromatic carbocycles. The van der Waals surface area contributed by atoms with Gasteiger partial charge in [-0.05, 0) is 132 Å². The van der Waals surface area contributed by atoms with E-state index in [-0.39, 0.29) is 91.4 Å². The largest absolute Gasteiger partial charge is 2.00 e. The zero-order valence-electron chi connectivity index (χ0n) is 81.5. The molecule has 3 aromatic heterocycles. The number of likely N-dealkylation sites (tertiary alicyclic amines) is 4. The van der Waals surface area contributed by atoms with E-state index in [9.17, 15) is 57.3 Å². The van der Waals surface area contributed by atoms with Crippen LogP contribution >= 0.6 is 0 Å². The molecule has 6 aliphatic heterocycles. The van der Waals surface area contributed by atoms with Crippen molar-refractivity contribution < 1.29 is 107 Å². The number of allylic oxidation sites excluding steroid dienone is 2. The number of ketones is 1. The molecule has 6 N–H and O–H groups in total. The Labute approximate surface area is 862 Å². The van der Waals surface area contributed by atoms with E-state index in [1.165, 1.54) is 47.8 Å². The van der Waals surface area contributed by atoms with Crippen molar-refractivity contribution >= 4 is 76.2 Å². The van der Waals surface area contributed by atoms with Crippen molar-refractivity contribution in [1.29, 1.82) is 0 Å². The molecular formula is C114H119BrF3MgN9O16. The summed E-state index contributed by atoms with van der Waals surface area (Å²) in [6.45, 7) is 21.3. The molecule has 6 saturated heterocycles. The summed E-state index contributed by atoms with van der Waals surface area (Å²) in [5.41, 5.74) is 10.3. The first kappa shape index (κ1) is 107. The van der Waals surface area contributed by atoms with Crippen molar-refractivity contribution in [3.05, 3.63) is 354 Å². The predicted molar refractivity (Wildman–Crippen MR) is 535 cm³/mol. The Balaban J connectivity index is 0.000000132. The minimum absolute atomic E-state index is 0. The average molecular weight is 2030 g/mol. The van der Waals surface area contributed by atoms with Crippen molar-refractivity contribution in [3.8, 4) is 34.0 Å². The number of carbonyl (C=O) groups is 7. The summed E-state index contributed by atoms with van der Waals surface area (Å²) in [6, 6.07) is 96.6. The van der Waals surface area contributed by atoms with Gasteiger partial charge in [0.05, 0.1) is 16.8 Å². The Bertz CT molecular complexity index is 6360. The fourth-order valence-corrected chi connectivity index (χ4v) is 20.8. The Morgan fingerprint density at radius 3 is 0.938 bits per heavy atom. The molecule has 6 aliphatic carbocycles. The maximum atomic E-state index is 12.7. The Morgan fingerprint density at radius 2 is 0.667 bits per heavy atom. The normalized spacial score (nSPS) is 19.6. The minimum Gasteiger partial charge on any atom is -1.00 e. The Kier molecular flexibility index (Phi) is 33.0. The quantitative estimate of drug-likeness (QED) is 0.0398. The summed E-state index contributed by atoms with van der Waals surface area (Å²) in [6.07, 6.45) is 6.86. The molecule has 25 nitrogen and oxygen atoms in total. The number of amides is 4. The molecule has 6 spiro atoms. The summed E-state index contributed by atoms with van der Waals surface area (Å²) in [7, 11) is 0. The van der Waals surface area contributed by atoms with Gasteiger partial charge < -0.3 is 90.7 Å². The number of halogens is 4. The van der Waals surface area contributed by atoms with Crippen LogP contribution in [0.2, 0.25) is 0 Å². The first-order valence-corrected chi connectivity index (χ1v) is 47.8. The number of carboxylic acids is 1. The first-order chi connectivity index (χ1) is 67.7. The van der Waals surface area contributed by atoms with Gasteiger partial charge in [0.2, 0.25) is 6.29 Å². The molecule has 4 saturated carbocycles. The van der Waals surface area contributed by atoms with Crippen LogP contribution in [-0.2, 0) is 35.9 Å². The van der Waals surface area contributed by atoms with Gasteiger partial charge >= 0.3 is 47.4 Å². The standard InChI is InChI=1S/C22H20N2O3.C22H18N2O2.C17H23NO3.C12H15NO.C12H13N.C11H17NO3.C10H7NO3.C6H5.C2HF3O.BrH.Mg/c25-20(18-11-19(27-23-18)16-7-3-1-4-8-16)24-14-21(15-24)12-22(26,13-21)17-9-5-2-6-10-17;25-21(19-11-20(26-23-19)17-9-5-2-6-10-17)24-14-22(15-24)12-18(13-22)16-7-3-1-4-8-16;1-15(2,3)21-14(19)18-11-16(12-18)9-17(20,10-16)13-7-5-4-6-8-13;14-12(10-4-2-1-3-5-10)6-11(7-12)8-13-9-11;1-2-4-10(5-3-1)11-6-12(7-11)8-13-9-12;1-10(2,3)15-9(14)12-6-11(7-12)4-8(13)5-11;12-10(13)8-6-9(14-11-8)7-4-2-1-3-5-7;1-2-4-6-5-3-1;3-2(4,5)1-6;;/h1-11,26H,12-15H2;1-12H,13-15H2;4-8,20H,9-12H2,1-3H3;1-5,13-14H,6-9H2;1-6,13H,7-9H2;4-7H2,1-3H3;1-6H,(H,12,13);1-5H;1H;1H;/q;;;;;;;-1;;;+2/p-1.